The molecule has 2 N–H and O–H groups in total. The second-order valence-corrected chi connectivity index (χ2v) is 9.23. The second-order valence-electron chi connectivity index (χ2n) is 9.23. The van der Waals surface area contributed by atoms with E-state index in [1.165, 1.54) is 11.1 Å². The van der Waals surface area contributed by atoms with Gasteiger partial charge in [-0.3, -0.25) is 9.59 Å². The minimum absolute atomic E-state index is 0.0584. The lowest BCUT2D eigenvalue weighted by Gasteiger charge is -2.31. The summed E-state index contributed by atoms with van der Waals surface area (Å²) in [7, 11) is 0. The van der Waals surface area contributed by atoms with Crippen molar-refractivity contribution in [2.75, 3.05) is 25.0 Å². The van der Waals surface area contributed by atoms with Gasteiger partial charge in [0.15, 0.2) is 0 Å². The minimum atomic E-state index is -0.499. The topological polar surface area (TPSA) is 83.6 Å². The molecule has 4 rings (SSSR count). The van der Waals surface area contributed by atoms with E-state index in [1.807, 2.05) is 41.3 Å². The molecule has 0 bridgehead atoms. The Hall–Kier alpha value is -3.71. The van der Waals surface area contributed by atoms with Gasteiger partial charge in [0.1, 0.15) is 23.7 Å². The fourth-order valence-corrected chi connectivity index (χ4v) is 4.33. The Morgan fingerprint density at radius 3 is 2.39 bits per heavy atom. The van der Waals surface area contributed by atoms with Crippen LogP contribution in [0.1, 0.15) is 42.5 Å². The summed E-state index contributed by atoms with van der Waals surface area (Å²) in [5, 5.41) is 6.34. The normalized spacial score (nSPS) is 14.8. The summed E-state index contributed by atoms with van der Waals surface area (Å²) in [5.41, 5.74) is 3.36. The zero-order valence-corrected chi connectivity index (χ0v) is 20.9. The third-order valence-corrected chi connectivity index (χ3v) is 6.46. The standard InChI is InChI=1S/C29H34N4O3/c1-21-8-10-23(11-9-21)14-17-30-28(24-6-4-3-5-7-24)29(35)32-27-13-12-26(20-31-27)36-25-15-18-33(19-16-25)22(2)34/h3-13,20,25,28,30H,14-19H2,1-2H3,(H,31,32,35)/t28-/m1/s1. The predicted octanol–water partition coefficient (Wildman–Crippen LogP) is 4.29. The van der Waals surface area contributed by atoms with Crippen LogP contribution in [0.15, 0.2) is 72.9 Å². The molecule has 1 fully saturated rings. The number of ether oxygens (including phenoxy) is 1. The summed E-state index contributed by atoms with van der Waals surface area (Å²) in [6.07, 6.45) is 4.11. The second kappa shape index (κ2) is 12.3. The number of nitrogens with zero attached hydrogens (tertiary/aromatic N) is 2. The summed E-state index contributed by atoms with van der Waals surface area (Å²) in [6, 6.07) is 21.2. The number of rotatable bonds is 9. The number of aromatic nitrogens is 1. The fraction of sp³-hybridized carbons (Fsp3) is 0.345. The molecule has 7 nitrogen and oxygen atoms in total. The quantitative estimate of drug-likeness (QED) is 0.471. The van der Waals surface area contributed by atoms with E-state index < -0.39 is 6.04 Å². The van der Waals surface area contributed by atoms with Crippen molar-refractivity contribution in [1.82, 2.24) is 15.2 Å². The van der Waals surface area contributed by atoms with Gasteiger partial charge in [0, 0.05) is 39.4 Å². The van der Waals surface area contributed by atoms with Crippen LogP contribution in [0.25, 0.3) is 0 Å². The Bertz CT molecular complexity index is 1130. The van der Waals surface area contributed by atoms with Crippen LogP contribution in [0.4, 0.5) is 5.82 Å². The maximum atomic E-state index is 13.2. The molecule has 2 aromatic carbocycles. The average Bonchev–Trinajstić information content (AvgIpc) is 2.89. The maximum absolute atomic E-state index is 13.2. The molecule has 0 radical (unpaired) electrons. The highest BCUT2D eigenvalue weighted by atomic mass is 16.5. The molecule has 0 saturated carbocycles. The molecule has 3 aromatic rings. The number of nitrogens with one attached hydrogen (secondary N) is 2. The Morgan fingerprint density at radius 1 is 1.03 bits per heavy atom. The van der Waals surface area contributed by atoms with Crippen molar-refractivity contribution in [3.63, 3.8) is 0 Å². The van der Waals surface area contributed by atoms with E-state index >= 15 is 0 Å². The van der Waals surface area contributed by atoms with Gasteiger partial charge in [-0.2, -0.15) is 0 Å². The largest absolute Gasteiger partial charge is 0.489 e. The number of likely N-dealkylation sites (tertiary alicyclic amines) is 1. The number of hydrogen-bond donors (Lipinski definition) is 2. The van der Waals surface area contributed by atoms with E-state index in [9.17, 15) is 9.59 Å². The van der Waals surface area contributed by atoms with Gasteiger partial charge in [-0.25, -0.2) is 4.98 Å². The van der Waals surface area contributed by atoms with Crippen molar-refractivity contribution >= 4 is 17.6 Å². The van der Waals surface area contributed by atoms with E-state index in [0.29, 0.717) is 31.2 Å². The first-order valence-corrected chi connectivity index (χ1v) is 12.5. The molecule has 0 aliphatic carbocycles. The Balaban J connectivity index is 1.33. The zero-order chi connectivity index (χ0) is 25.3. The number of anilines is 1. The van der Waals surface area contributed by atoms with Crippen molar-refractivity contribution in [2.24, 2.45) is 0 Å². The third-order valence-electron chi connectivity index (χ3n) is 6.46. The lowest BCUT2D eigenvalue weighted by molar-refractivity contribution is -0.130. The summed E-state index contributed by atoms with van der Waals surface area (Å²) in [6.45, 7) is 5.75. The van der Waals surface area contributed by atoms with Gasteiger partial charge in [-0.1, -0.05) is 60.2 Å². The molecular formula is C29H34N4O3. The molecule has 0 spiro atoms. The highest BCUT2D eigenvalue weighted by molar-refractivity contribution is 5.94. The molecule has 1 aliphatic heterocycles. The fourth-order valence-electron chi connectivity index (χ4n) is 4.33. The lowest BCUT2D eigenvalue weighted by Crippen LogP contribution is -2.40. The number of carbonyl (C=O) groups excluding carboxylic acids is 2. The molecule has 2 amide bonds. The van der Waals surface area contributed by atoms with Gasteiger partial charge in [-0.05, 0) is 36.6 Å². The number of hydrogen-bond acceptors (Lipinski definition) is 5. The van der Waals surface area contributed by atoms with Gasteiger partial charge < -0.3 is 20.3 Å². The Kier molecular flexibility index (Phi) is 8.68. The number of benzene rings is 2. The molecule has 1 saturated heterocycles. The first kappa shape index (κ1) is 25.4. The molecule has 1 aliphatic rings. The predicted molar refractivity (Wildman–Crippen MR) is 141 cm³/mol. The van der Waals surface area contributed by atoms with Gasteiger partial charge in [-0.15, -0.1) is 0 Å². The number of aryl methyl sites for hydroxylation is 1. The molecule has 1 atom stereocenters. The minimum Gasteiger partial charge on any atom is -0.489 e. The van der Waals surface area contributed by atoms with Gasteiger partial charge >= 0.3 is 0 Å². The highest BCUT2D eigenvalue weighted by Gasteiger charge is 2.23. The molecule has 188 valence electrons. The van der Waals surface area contributed by atoms with Crippen molar-refractivity contribution < 1.29 is 14.3 Å². The van der Waals surface area contributed by atoms with Gasteiger partial charge in [0.2, 0.25) is 11.8 Å². The monoisotopic (exact) mass is 486 g/mol. The van der Waals surface area contributed by atoms with E-state index in [2.05, 4.69) is 46.8 Å². The van der Waals surface area contributed by atoms with Crippen LogP contribution < -0.4 is 15.4 Å². The van der Waals surface area contributed by atoms with Crippen LogP contribution in [0.2, 0.25) is 0 Å². The summed E-state index contributed by atoms with van der Waals surface area (Å²) in [4.78, 5) is 30.9. The first-order valence-electron chi connectivity index (χ1n) is 12.5. The molecule has 2 heterocycles. The summed E-state index contributed by atoms with van der Waals surface area (Å²) in [5.74, 6) is 1.07. The van der Waals surface area contributed by atoms with E-state index in [0.717, 1.165) is 24.8 Å². The Labute approximate surface area is 212 Å². The first-order chi connectivity index (χ1) is 17.5. The smallest absolute Gasteiger partial charge is 0.247 e. The number of piperidine rings is 1. The molecule has 36 heavy (non-hydrogen) atoms. The number of amides is 2. The van der Waals surface area contributed by atoms with Crippen molar-refractivity contribution in [3.05, 3.63) is 89.6 Å². The third kappa shape index (κ3) is 7.15. The van der Waals surface area contributed by atoms with Crippen LogP contribution in [-0.4, -0.2) is 47.4 Å². The van der Waals surface area contributed by atoms with Gasteiger partial charge in [0.05, 0.1) is 6.20 Å². The number of carbonyl (C=O) groups is 2. The zero-order valence-electron chi connectivity index (χ0n) is 20.9. The van der Waals surface area contributed by atoms with Crippen LogP contribution >= 0.6 is 0 Å². The SMILES string of the molecule is CC(=O)N1CCC(Oc2ccc(NC(=O)[C@H](NCCc3ccc(C)cc3)c3ccccc3)nc2)CC1. The van der Waals surface area contributed by atoms with Crippen LogP contribution in [0.3, 0.4) is 0 Å². The van der Waals surface area contributed by atoms with E-state index in [-0.39, 0.29) is 17.9 Å². The van der Waals surface area contributed by atoms with E-state index in [4.69, 9.17) is 4.74 Å². The van der Waals surface area contributed by atoms with Gasteiger partial charge in [0.25, 0.3) is 0 Å². The van der Waals surface area contributed by atoms with Crippen LogP contribution in [0.5, 0.6) is 5.75 Å². The van der Waals surface area contributed by atoms with Crippen molar-refractivity contribution in [2.45, 2.75) is 45.3 Å². The summed E-state index contributed by atoms with van der Waals surface area (Å²) < 4.78 is 6.04. The molecule has 1 aromatic heterocycles. The van der Waals surface area contributed by atoms with Crippen LogP contribution in [-0.2, 0) is 16.0 Å². The van der Waals surface area contributed by atoms with E-state index in [1.54, 1.807) is 19.2 Å². The van der Waals surface area contributed by atoms with Crippen LogP contribution in [0, 0.1) is 6.92 Å². The molecule has 0 unspecified atom stereocenters. The lowest BCUT2D eigenvalue weighted by atomic mass is 10.1. The summed E-state index contributed by atoms with van der Waals surface area (Å²) >= 11 is 0. The van der Waals surface area contributed by atoms with Crippen molar-refractivity contribution in [3.8, 4) is 5.75 Å². The average molecular weight is 487 g/mol. The maximum Gasteiger partial charge on any atom is 0.247 e. The Morgan fingerprint density at radius 2 is 1.75 bits per heavy atom. The molecular weight excluding hydrogens is 452 g/mol. The van der Waals surface area contributed by atoms with Crippen molar-refractivity contribution in [1.29, 1.82) is 0 Å². The molecule has 7 heteroatoms. The number of pyridine rings is 1. The highest BCUT2D eigenvalue weighted by Crippen LogP contribution is 2.21.